The molecule has 112 valence electrons. The second kappa shape index (κ2) is 7.08. The normalized spacial score (nSPS) is 14.0. The molecule has 1 aromatic heterocycles. The van der Waals surface area contributed by atoms with E-state index in [1.807, 2.05) is 19.9 Å². The van der Waals surface area contributed by atoms with E-state index in [1.54, 1.807) is 30.7 Å². The molecule has 0 radical (unpaired) electrons. The molecule has 4 nitrogen and oxygen atoms in total. The maximum atomic E-state index is 12.2. The molecule has 2 atom stereocenters. The van der Waals surface area contributed by atoms with Crippen LogP contribution < -0.4 is 10.1 Å². The SMILES string of the molecule is CC(NC(C)c1cnccn1)c1cccc(OC(F)F)c1. The van der Waals surface area contributed by atoms with E-state index in [-0.39, 0.29) is 17.8 Å². The highest BCUT2D eigenvalue weighted by Crippen LogP contribution is 2.22. The van der Waals surface area contributed by atoms with E-state index in [0.717, 1.165) is 11.3 Å². The molecule has 0 amide bonds. The first-order valence-corrected chi connectivity index (χ1v) is 6.63. The summed E-state index contributed by atoms with van der Waals surface area (Å²) in [6.07, 6.45) is 4.95. The van der Waals surface area contributed by atoms with Crippen molar-refractivity contribution in [2.24, 2.45) is 0 Å². The summed E-state index contributed by atoms with van der Waals surface area (Å²) < 4.78 is 28.9. The number of ether oxygens (including phenoxy) is 1. The van der Waals surface area contributed by atoms with Gasteiger partial charge in [-0.2, -0.15) is 8.78 Å². The smallest absolute Gasteiger partial charge is 0.387 e. The summed E-state index contributed by atoms with van der Waals surface area (Å²) in [6, 6.07) is 6.62. The Hall–Kier alpha value is -2.08. The Balaban J connectivity index is 2.04. The van der Waals surface area contributed by atoms with Gasteiger partial charge in [-0.15, -0.1) is 0 Å². The summed E-state index contributed by atoms with van der Waals surface area (Å²) in [5.74, 6) is 0.156. The van der Waals surface area contributed by atoms with Crippen molar-refractivity contribution < 1.29 is 13.5 Å². The van der Waals surface area contributed by atoms with Crippen LogP contribution in [0.25, 0.3) is 0 Å². The van der Waals surface area contributed by atoms with Crippen LogP contribution in [-0.2, 0) is 0 Å². The molecule has 21 heavy (non-hydrogen) atoms. The first-order chi connectivity index (χ1) is 10.1. The zero-order valence-electron chi connectivity index (χ0n) is 11.8. The van der Waals surface area contributed by atoms with Gasteiger partial charge in [0.25, 0.3) is 0 Å². The standard InChI is InChI=1S/C15H17F2N3O/c1-10(20-11(2)14-9-18-6-7-19-14)12-4-3-5-13(8-12)21-15(16)17/h3-11,15,20H,1-2H3. The Labute approximate surface area is 122 Å². The zero-order chi connectivity index (χ0) is 15.2. The number of benzene rings is 1. The highest BCUT2D eigenvalue weighted by molar-refractivity contribution is 5.30. The first kappa shape index (κ1) is 15.3. The predicted octanol–water partition coefficient (Wildman–Crippen LogP) is 3.49. The Kier molecular flexibility index (Phi) is 5.16. The molecule has 0 aliphatic heterocycles. The molecule has 0 bridgehead atoms. The van der Waals surface area contributed by atoms with Gasteiger partial charge in [-0.3, -0.25) is 9.97 Å². The number of alkyl halides is 2. The highest BCUT2D eigenvalue weighted by Gasteiger charge is 2.13. The monoisotopic (exact) mass is 293 g/mol. The van der Waals surface area contributed by atoms with Gasteiger partial charge in [-0.25, -0.2) is 0 Å². The summed E-state index contributed by atoms with van der Waals surface area (Å²) in [4.78, 5) is 8.26. The van der Waals surface area contributed by atoms with Crippen LogP contribution in [0.4, 0.5) is 8.78 Å². The zero-order valence-corrected chi connectivity index (χ0v) is 11.8. The summed E-state index contributed by atoms with van der Waals surface area (Å²) >= 11 is 0. The fraction of sp³-hybridized carbons (Fsp3) is 0.333. The molecule has 1 N–H and O–H groups in total. The topological polar surface area (TPSA) is 47.0 Å². The Morgan fingerprint density at radius 2 is 1.95 bits per heavy atom. The van der Waals surface area contributed by atoms with Crippen molar-refractivity contribution >= 4 is 0 Å². The molecule has 0 saturated carbocycles. The summed E-state index contributed by atoms with van der Waals surface area (Å²) in [7, 11) is 0. The molecule has 6 heteroatoms. The van der Waals surface area contributed by atoms with Gasteiger partial charge in [0.2, 0.25) is 0 Å². The maximum absolute atomic E-state index is 12.2. The minimum atomic E-state index is -2.82. The molecular weight excluding hydrogens is 276 g/mol. The van der Waals surface area contributed by atoms with E-state index in [2.05, 4.69) is 20.0 Å². The summed E-state index contributed by atoms with van der Waals surface area (Å²) in [6.45, 7) is 1.11. The third-order valence-electron chi connectivity index (χ3n) is 3.11. The second-order valence-corrected chi connectivity index (χ2v) is 4.69. The van der Waals surface area contributed by atoms with Crippen molar-refractivity contribution in [2.45, 2.75) is 32.5 Å². The van der Waals surface area contributed by atoms with E-state index in [1.165, 1.54) is 6.07 Å². The number of rotatable bonds is 6. The van der Waals surface area contributed by atoms with E-state index >= 15 is 0 Å². The number of halogens is 2. The molecule has 2 aromatic rings. The quantitative estimate of drug-likeness (QED) is 0.885. The minimum Gasteiger partial charge on any atom is -0.435 e. The Morgan fingerprint density at radius 1 is 1.14 bits per heavy atom. The van der Waals surface area contributed by atoms with Gasteiger partial charge in [-0.05, 0) is 31.5 Å². The van der Waals surface area contributed by atoms with E-state index in [4.69, 9.17) is 0 Å². The van der Waals surface area contributed by atoms with E-state index in [9.17, 15) is 8.78 Å². The summed E-state index contributed by atoms with van der Waals surface area (Å²) in [5.41, 5.74) is 1.69. The Bertz CT molecular complexity index is 566. The average molecular weight is 293 g/mol. The fourth-order valence-electron chi connectivity index (χ4n) is 2.05. The van der Waals surface area contributed by atoms with Crippen LogP contribution in [0, 0.1) is 0 Å². The largest absolute Gasteiger partial charge is 0.435 e. The van der Waals surface area contributed by atoms with Crippen molar-refractivity contribution in [3.8, 4) is 5.75 Å². The lowest BCUT2D eigenvalue weighted by molar-refractivity contribution is -0.0499. The lowest BCUT2D eigenvalue weighted by atomic mass is 10.1. The van der Waals surface area contributed by atoms with E-state index < -0.39 is 6.61 Å². The number of nitrogens with zero attached hydrogens (tertiary/aromatic N) is 2. The van der Waals surface area contributed by atoms with Gasteiger partial charge >= 0.3 is 6.61 Å². The maximum Gasteiger partial charge on any atom is 0.387 e. The van der Waals surface area contributed by atoms with Crippen molar-refractivity contribution in [2.75, 3.05) is 0 Å². The molecule has 2 unspecified atom stereocenters. The second-order valence-electron chi connectivity index (χ2n) is 4.69. The van der Waals surface area contributed by atoms with Crippen molar-refractivity contribution in [3.05, 3.63) is 54.1 Å². The van der Waals surface area contributed by atoms with Gasteiger partial charge in [0, 0.05) is 30.7 Å². The average Bonchev–Trinajstić information content (AvgIpc) is 2.47. The van der Waals surface area contributed by atoms with Crippen LogP contribution in [0.15, 0.2) is 42.9 Å². The van der Waals surface area contributed by atoms with Gasteiger partial charge in [0.15, 0.2) is 0 Å². The fourth-order valence-corrected chi connectivity index (χ4v) is 2.05. The van der Waals surface area contributed by atoms with Gasteiger partial charge in [0.05, 0.1) is 5.69 Å². The number of hydrogen-bond acceptors (Lipinski definition) is 4. The lowest BCUT2D eigenvalue weighted by Gasteiger charge is -2.20. The van der Waals surface area contributed by atoms with E-state index in [0.29, 0.717) is 0 Å². The van der Waals surface area contributed by atoms with Crippen LogP contribution in [0.2, 0.25) is 0 Å². The number of hydrogen-bond donors (Lipinski definition) is 1. The third kappa shape index (κ3) is 4.46. The summed E-state index contributed by atoms with van der Waals surface area (Å²) in [5, 5.41) is 3.35. The molecular formula is C15H17F2N3O. The molecule has 1 aromatic carbocycles. The van der Waals surface area contributed by atoms with Crippen LogP contribution >= 0.6 is 0 Å². The first-order valence-electron chi connectivity index (χ1n) is 6.63. The third-order valence-corrected chi connectivity index (χ3v) is 3.11. The molecule has 1 heterocycles. The van der Waals surface area contributed by atoms with Crippen molar-refractivity contribution in [3.63, 3.8) is 0 Å². The van der Waals surface area contributed by atoms with Gasteiger partial charge in [0.1, 0.15) is 5.75 Å². The minimum absolute atomic E-state index is 0.00614. The van der Waals surface area contributed by atoms with Crippen LogP contribution in [-0.4, -0.2) is 16.6 Å². The number of nitrogens with one attached hydrogen (secondary N) is 1. The van der Waals surface area contributed by atoms with Crippen molar-refractivity contribution in [1.82, 2.24) is 15.3 Å². The lowest BCUT2D eigenvalue weighted by Crippen LogP contribution is -2.23. The molecule has 0 saturated heterocycles. The van der Waals surface area contributed by atoms with Crippen molar-refractivity contribution in [1.29, 1.82) is 0 Å². The molecule has 0 spiro atoms. The number of aromatic nitrogens is 2. The van der Waals surface area contributed by atoms with Gasteiger partial charge in [-0.1, -0.05) is 12.1 Å². The Morgan fingerprint density at radius 3 is 2.62 bits per heavy atom. The van der Waals surface area contributed by atoms with Crippen LogP contribution in [0.3, 0.4) is 0 Å². The van der Waals surface area contributed by atoms with Gasteiger partial charge < -0.3 is 10.1 Å². The molecule has 2 rings (SSSR count). The molecule has 0 aliphatic carbocycles. The van der Waals surface area contributed by atoms with Crippen LogP contribution in [0.5, 0.6) is 5.75 Å². The predicted molar refractivity (Wildman–Crippen MR) is 75.1 cm³/mol. The van der Waals surface area contributed by atoms with Crippen LogP contribution in [0.1, 0.15) is 37.2 Å². The highest BCUT2D eigenvalue weighted by atomic mass is 19.3. The molecule has 0 aliphatic rings. The molecule has 0 fully saturated rings.